The highest BCUT2D eigenvalue weighted by atomic mass is 127. The molecule has 0 bridgehead atoms. The third-order valence-corrected chi connectivity index (χ3v) is 3.28. The van der Waals surface area contributed by atoms with E-state index in [2.05, 4.69) is 0 Å². The molecule has 0 aliphatic heterocycles. The number of nitriles is 2. The van der Waals surface area contributed by atoms with Crippen LogP contribution < -0.4 is 0 Å². The second-order valence-corrected chi connectivity index (χ2v) is 5.37. The van der Waals surface area contributed by atoms with Gasteiger partial charge in [0, 0.05) is 16.7 Å². The van der Waals surface area contributed by atoms with Crippen molar-refractivity contribution in [2.24, 2.45) is 0 Å². The summed E-state index contributed by atoms with van der Waals surface area (Å²) in [7, 11) is 0. The van der Waals surface area contributed by atoms with Gasteiger partial charge in [-0.25, -0.2) is 0 Å². The SMILES string of the molecule is C/C(I)=C1\C(=O)c2ccccc2C1=C(C#N)C#N. The van der Waals surface area contributed by atoms with Gasteiger partial charge in [0.05, 0.1) is 0 Å². The Morgan fingerprint density at radius 2 is 1.67 bits per heavy atom. The standard InChI is InChI=1S/C14H7IN2O/c1-8(15)12-13(9(6-16)7-17)10-4-2-3-5-11(10)14(12)18/h2-5H,1H3/b12-8+. The highest BCUT2D eigenvalue weighted by Gasteiger charge is 2.33. The van der Waals surface area contributed by atoms with Gasteiger partial charge < -0.3 is 0 Å². The lowest BCUT2D eigenvalue weighted by molar-refractivity contribution is 0.104. The Labute approximate surface area is 118 Å². The summed E-state index contributed by atoms with van der Waals surface area (Å²) in [5.74, 6) is -0.115. The van der Waals surface area contributed by atoms with Crippen LogP contribution in [0.4, 0.5) is 0 Å². The number of nitrogens with zero attached hydrogens (tertiary/aromatic N) is 2. The summed E-state index contributed by atoms with van der Waals surface area (Å²) in [4.78, 5) is 12.3. The molecule has 0 saturated heterocycles. The Morgan fingerprint density at radius 1 is 1.11 bits per heavy atom. The van der Waals surface area contributed by atoms with Crippen molar-refractivity contribution >= 4 is 33.9 Å². The monoisotopic (exact) mass is 346 g/mol. The number of allylic oxidation sites excluding steroid dienone is 4. The third kappa shape index (κ3) is 1.75. The Bertz CT molecular complexity index is 679. The molecular weight excluding hydrogens is 339 g/mol. The fourth-order valence-corrected chi connectivity index (χ4v) is 2.52. The molecule has 0 amide bonds. The molecule has 0 N–H and O–H groups in total. The number of hydrogen-bond donors (Lipinski definition) is 0. The molecule has 4 heteroatoms. The van der Waals surface area contributed by atoms with Gasteiger partial charge in [-0.05, 0) is 38.7 Å². The molecule has 3 nitrogen and oxygen atoms in total. The van der Waals surface area contributed by atoms with Crippen LogP contribution in [-0.2, 0) is 0 Å². The number of fused-ring (bicyclic) bond motifs is 1. The zero-order valence-electron chi connectivity index (χ0n) is 9.49. The Hall–Kier alpha value is -1.92. The van der Waals surface area contributed by atoms with Gasteiger partial charge in [-0.15, -0.1) is 0 Å². The van der Waals surface area contributed by atoms with Crippen molar-refractivity contribution in [2.45, 2.75) is 6.92 Å². The van der Waals surface area contributed by atoms with Gasteiger partial charge in [0.15, 0.2) is 5.78 Å². The van der Waals surface area contributed by atoms with Crippen molar-refractivity contribution in [3.05, 3.63) is 50.1 Å². The summed E-state index contributed by atoms with van der Waals surface area (Å²) in [6.45, 7) is 1.80. The number of carbonyl (C=O) groups is 1. The fourth-order valence-electron chi connectivity index (χ4n) is 2.01. The normalized spacial score (nSPS) is 15.8. The molecule has 0 heterocycles. The molecule has 0 saturated carbocycles. The van der Waals surface area contributed by atoms with E-state index < -0.39 is 0 Å². The fraction of sp³-hybridized carbons (Fsp3) is 0.0714. The molecule has 1 aliphatic rings. The Balaban J connectivity index is 2.92. The lowest BCUT2D eigenvalue weighted by Gasteiger charge is -2.02. The lowest BCUT2D eigenvalue weighted by atomic mass is 10.00. The summed E-state index contributed by atoms with van der Waals surface area (Å²) >= 11 is 2.04. The van der Waals surface area contributed by atoms with Crippen molar-refractivity contribution in [3.63, 3.8) is 0 Å². The maximum Gasteiger partial charge on any atom is 0.195 e. The van der Waals surface area contributed by atoms with Crippen LogP contribution in [0.1, 0.15) is 22.8 Å². The van der Waals surface area contributed by atoms with Gasteiger partial charge in [-0.1, -0.05) is 24.3 Å². The first-order valence-corrected chi connectivity index (χ1v) is 6.25. The summed E-state index contributed by atoms with van der Waals surface area (Å²) in [6, 6.07) is 10.8. The van der Waals surface area contributed by atoms with Crippen LogP contribution in [0.2, 0.25) is 0 Å². The molecular formula is C14H7IN2O. The van der Waals surface area contributed by atoms with Crippen molar-refractivity contribution in [1.29, 1.82) is 10.5 Å². The molecule has 18 heavy (non-hydrogen) atoms. The summed E-state index contributed by atoms with van der Waals surface area (Å²) in [6.07, 6.45) is 0. The van der Waals surface area contributed by atoms with E-state index in [0.717, 1.165) is 3.58 Å². The second-order valence-electron chi connectivity index (χ2n) is 3.76. The number of halogens is 1. The van der Waals surface area contributed by atoms with E-state index in [-0.39, 0.29) is 11.4 Å². The molecule has 2 rings (SSSR count). The largest absolute Gasteiger partial charge is 0.289 e. The first kappa shape index (κ1) is 12.5. The maximum atomic E-state index is 12.3. The van der Waals surface area contributed by atoms with E-state index >= 15 is 0 Å². The topological polar surface area (TPSA) is 64.7 Å². The number of hydrogen-bond acceptors (Lipinski definition) is 3. The molecule has 0 radical (unpaired) electrons. The Kier molecular flexibility index (Phi) is 3.31. The second kappa shape index (κ2) is 4.75. The number of rotatable bonds is 0. The van der Waals surface area contributed by atoms with Crippen LogP contribution in [0, 0.1) is 22.7 Å². The maximum absolute atomic E-state index is 12.3. The minimum Gasteiger partial charge on any atom is -0.289 e. The summed E-state index contributed by atoms with van der Waals surface area (Å²) in [5, 5.41) is 18.1. The lowest BCUT2D eigenvalue weighted by Crippen LogP contribution is -1.96. The van der Waals surface area contributed by atoms with Crippen LogP contribution in [0.25, 0.3) is 5.57 Å². The van der Waals surface area contributed by atoms with Gasteiger partial charge >= 0.3 is 0 Å². The van der Waals surface area contributed by atoms with Crippen LogP contribution in [0.5, 0.6) is 0 Å². The average Bonchev–Trinajstić information content (AvgIpc) is 2.66. The van der Waals surface area contributed by atoms with Gasteiger partial charge in [0.25, 0.3) is 0 Å². The van der Waals surface area contributed by atoms with Crippen molar-refractivity contribution in [3.8, 4) is 12.1 Å². The van der Waals surface area contributed by atoms with Crippen LogP contribution in [0.3, 0.4) is 0 Å². The molecule has 1 aliphatic carbocycles. The summed E-state index contributed by atoms with van der Waals surface area (Å²) in [5.41, 5.74) is 2.15. The molecule has 86 valence electrons. The van der Waals surface area contributed by atoms with E-state index in [9.17, 15) is 4.79 Å². The number of carbonyl (C=O) groups excluding carboxylic acids is 1. The van der Waals surface area contributed by atoms with E-state index in [1.54, 1.807) is 31.2 Å². The molecule has 1 aromatic rings. The number of benzene rings is 1. The van der Waals surface area contributed by atoms with E-state index in [0.29, 0.717) is 22.3 Å². The highest BCUT2D eigenvalue weighted by molar-refractivity contribution is 14.1. The smallest absolute Gasteiger partial charge is 0.195 e. The molecule has 0 fully saturated rings. The predicted molar refractivity (Wildman–Crippen MR) is 75.6 cm³/mol. The minimum absolute atomic E-state index is 0.0145. The third-order valence-electron chi connectivity index (χ3n) is 2.74. The van der Waals surface area contributed by atoms with Crippen LogP contribution in [0.15, 0.2) is 39.0 Å². The van der Waals surface area contributed by atoms with E-state index in [1.165, 1.54) is 0 Å². The van der Waals surface area contributed by atoms with Crippen LogP contribution >= 0.6 is 22.6 Å². The molecule has 0 unspecified atom stereocenters. The molecule has 0 atom stereocenters. The van der Waals surface area contributed by atoms with Gasteiger partial charge in [0.2, 0.25) is 0 Å². The van der Waals surface area contributed by atoms with Crippen LogP contribution in [-0.4, -0.2) is 5.78 Å². The quantitative estimate of drug-likeness (QED) is 0.411. The van der Waals surface area contributed by atoms with Crippen molar-refractivity contribution < 1.29 is 4.79 Å². The first-order chi connectivity index (χ1) is 8.61. The predicted octanol–water partition coefficient (Wildman–Crippen LogP) is 3.39. The Morgan fingerprint density at radius 3 is 2.17 bits per heavy atom. The zero-order chi connectivity index (χ0) is 13.3. The van der Waals surface area contributed by atoms with Gasteiger partial charge in [-0.2, -0.15) is 10.5 Å². The average molecular weight is 346 g/mol. The highest BCUT2D eigenvalue weighted by Crippen LogP contribution is 2.41. The molecule has 0 aromatic heterocycles. The first-order valence-electron chi connectivity index (χ1n) is 5.17. The van der Waals surface area contributed by atoms with E-state index in [1.807, 2.05) is 34.7 Å². The molecule has 0 spiro atoms. The minimum atomic E-state index is -0.115. The summed E-state index contributed by atoms with van der Waals surface area (Å²) < 4.78 is 0.784. The van der Waals surface area contributed by atoms with Crippen molar-refractivity contribution in [2.75, 3.05) is 0 Å². The van der Waals surface area contributed by atoms with E-state index in [4.69, 9.17) is 10.5 Å². The van der Waals surface area contributed by atoms with Gasteiger partial charge in [-0.3, -0.25) is 4.79 Å². The number of Topliss-reactive ketones (excluding diaryl/α,β-unsaturated/α-hetero) is 1. The molecule has 1 aromatic carbocycles. The zero-order valence-corrected chi connectivity index (χ0v) is 11.6. The number of ketones is 1. The van der Waals surface area contributed by atoms with Crippen molar-refractivity contribution in [1.82, 2.24) is 0 Å². The van der Waals surface area contributed by atoms with Gasteiger partial charge in [0.1, 0.15) is 17.7 Å².